The van der Waals surface area contributed by atoms with Crippen molar-refractivity contribution in [3.63, 3.8) is 0 Å². The molecule has 0 aromatic heterocycles. The van der Waals surface area contributed by atoms with Crippen molar-refractivity contribution >= 4 is 22.9 Å². The minimum atomic E-state index is 0.703. The van der Waals surface area contributed by atoms with Gasteiger partial charge in [-0.15, -0.1) is 0 Å². The summed E-state index contributed by atoms with van der Waals surface area (Å²) in [7, 11) is 0. The van der Waals surface area contributed by atoms with E-state index in [0.29, 0.717) is 5.41 Å². The van der Waals surface area contributed by atoms with Gasteiger partial charge < -0.3 is 4.90 Å². The molecule has 3 aliphatic rings. The van der Waals surface area contributed by atoms with Crippen LogP contribution >= 0.6 is 22.9 Å². The average molecular weight is 306 g/mol. The highest BCUT2D eigenvalue weighted by Gasteiger charge is 2.46. The molecule has 0 atom stereocenters. The van der Waals surface area contributed by atoms with Crippen LogP contribution in [0.4, 0.5) is 0 Å². The number of hydrogen-bond donors (Lipinski definition) is 0. The molecular formula is C11H19IN2. The Morgan fingerprint density at radius 1 is 1.21 bits per heavy atom. The van der Waals surface area contributed by atoms with Crippen LogP contribution in [0.5, 0.6) is 0 Å². The first kappa shape index (κ1) is 9.85. The minimum absolute atomic E-state index is 0.703. The predicted octanol–water partition coefficient (Wildman–Crippen LogP) is 2.14. The highest BCUT2D eigenvalue weighted by atomic mass is 127. The quantitative estimate of drug-likeness (QED) is 0.570. The van der Waals surface area contributed by atoms with Crippen LogP contribution in [0, 0.1) is 11.3 Å². The normalized spacial score (nSPS) is 33.2. The Hall–Kier alpha value is 0.650. The van der Waals surface area contributed by atoms with Crippen molar-refractivity contribution in [3.05, 3.63) is 0 Å². The molecule has 0 amide bonds. The largest absolute Gasteiger partial charge is 0.302 e. The Morgan fingerprint density at radius 2 is 2.00 bits per heavy atom. The van der Waals surface area contributed by atoms with E-state index in [4.69, 9.17) is 0 Å². The summed E-state index contributed by atoms with van der Waals surface area (Å²) in [6.07, 6.45) is 5.90. The van der Waals surface area contributed by atoms with Gasteiger partial charge in [-0.2, -0.15) is 0 Å². The van der Waals surface area contributed by atoms with Crippen molar-refractivity contribution in [1.82, 2.24) is 8.01 Å². The SMILES string of the molecule is IN1CCCC2(C1)CN(CC1CC1)C2. The fraction of sp³-hybridized carbons (Fsp3) is 1.00. The van der Waals surface area contributed by atoms with Crippen molar-refractivity contribution in [2.24, 2.45) is 11.3 Å². The molecule has 1 saturated carbocycles. The summed E-state index contributed by atoms with van der Waals surface area (Å²) in [4.78, 5) is 2.69. The van der Waals surface area contributed by atoms with E-state index in [1.54, 1.807) is 0 Å². The molecule has 3 rings (SSSR count). The van der Waals surface area contributed by atoms with E-state index in [1.165, 1.54) is 58.4 Å². The molecule has 3 fully saturated rings. The number of rotatable bonds is 2. The molecule has 80 valence electrons. The lowest BCUT2D eigenvalue weighted by atomic mass is 9.74. The molecule has 2 heterocycles. The van der Waals surface area contributed by atoms with Crippen molar-refractivity contribution in [3.8, 4) is 0 Å². The maximum Gasteiger partial charge on any atom is 0.0201 e. The van der Waals surface area contributed by atoms with Gasteiger partial charge in [0, 0.05) is 61.0 Å². The molecular weight excluding hydrogens is 287 g/mol. The number of nitrogens with zero attached hydrogens (tertiary/aromatic N) is 2. The van der Waals surface area contributed by atoms with Gasteiger partial charge in [0.2, 0.25) is 0 Å². The summed E-state index contributed by atoms with van der Waals surface area (Å²) in [6.45, 7) is 6.84. The Morgan fingerprint density at radius 3 is 2.64 bits per heavy atom. The lowest BCUT2D eigenvalue weighted by molar-refractivity contribution is -0.0331. The van der Waals surface area contributed by atoms with E-state index < -0.39 is 0 Å². The Labute approximate surface area is 101 Å². The van der Waals surface area contributed by atoms with Crippen LogP contribution in [0.3, 0.4) is 0 Å². The van der Waals surface area contributed by atoms with Gasteiger partial charge in [0.15, 0.2) is 0 Å². The van der Waals surface area contributed by atoms with E-state index in [1.807, 2.05) is 0 Å². The minimum Gasteiger partial charge on any atom is -0.302 e. The van der Waals surface area contributed by atoms with Crippen molar-refractivity contribution in [2.75, 3.05) is 32.7 Å². The molecule has 14 heavy (non-hydrogen) atoms. The van der Waals surface area contributed by atoms with Gasteiger partial charge in [0.1, 0.15) is 0 Å². The number of piperidine rings is 1. The predicted molar refractivity (Wildman–Crippen MR) is 66.4 cm³/mol. The third-order valence-electron chi connectivity index (χ3n) is 3.95. The zero-order valence-corrected chi connectivity index (χ0v) is 10.9. The Balaban J connectivity index is 1.50. The third-order valence-corrected chi connectivity index (χ3v) is 4.77. The smallest absolute Gasteiger partial charge is 0.0201 e. The number of halogens is 1. The average Bonchev–Trinajstić information content (AvgIpc) is 2.85. The lowest BCUT2D eigenvalue weighted by Crippen LogP contribution is -2.61. The van der Waals surface area contributed by atoms with E-state index in [-0.39, 0.29) is 0 Å². The van der Waals surface area contributed by atoms with Gasteiger partial charge in [-0.25, -0.2) is 3.11 Å². The van der Waals surface area contributed by atoms with Gasteiger partial charge >= 0.3 is 0 Å². The first-order valence-corrected chi connectivity index (χ1v) is 6.85. The lowest BCUT2D eigenvalue weighted by Gasteiger charge is -2.54. The fourth-order valence-corrected chi connectivity index (χ4v) is 4.17. The molecule has 2 nitrogen and oxygen atoms in total. The maximum atomic E-state index is 2.69. The summed E-state index contributed by atoms with van der Waals surface area (Å²) in [5.41, 5.74) is 0.703. The van der Waals surface area contributed by atoms with Crippen molar-refractivity contribution in [1.29, 1.82) is 0 Å². The van der Waals surface area contributed by atoms with E-state index in [0.717, 1.165) is 5.92 Å². The summed E-state index contributed by atoms with van der Waals surface area (Å²) in [6, 6.07) is 0. The van der Waals surface area contributed by atoms with Crippen LogP contribution < -0.4 is 0 Å². The van der Waals surface area contributed by atoms with E-state index in [2.05, 4.69) is 30.9 Å². The van der Waals surface area contributed by atoms with Crippen LogP contribution in [-0.4, -0.2) is 40.7 Å². The van der Waals surface area contributed by atoms with Gasteiger partial charge in [-0.1, -0.05) is 0 Å². The first-order chi connectivity index (χ1) is 6.76. The molecule has 2 aliphatic heterocycles. The van der Waals surface area contributed by atoms with E-state index in [9.17, 15) is 0 Å². The van der Waals surface area contributed by atoms with Crippen LogP contribution in [-0.2, 0) is 0 Å². The molecule has 1 aliphatic carbocycles. The van der Waals surface area contributed by atoms with Crippen LogP contribution in [0.1, 0.15) is 25.7 Å². The standard InChI is InChI=1S/C11H19IN2/c12-14-5-1-4-11(9-14)7-13(8-11)6-10-2-3-10/h10H,1-9H2. The monoisotopic (exact) mass is 306 g/mol. The second-order valence-corrected chi connectivity index (χ2v) is 6.93. The topological polar surface area (TPSA) is 6.48 Å². The fourth-order valence-electron chi connectivity index (χ4n) is 3.10. The molecule has 0 aromatic rings. The molecule has 0 aromatic carbocycles. The van der Waals surface area contributed by atoms with Gasteiger partial charge in [-0.05, 0) is 31.6 Å². The summed E-state index contributed by atoms with van der Waals surface area (Å²) in [5.74, 6) is 1.08. The molecule has 3 heteroatoms. The second-order valence-electron chi connectivity index (χ2n) is 5.56. The van der Waals surface area contributed by atoms with Gasteiger partial charge in [0.05, 0.1) is 0 Å². The summed E-state index contributed by atoms with van der Waals surface area (Å²) >= 11 is 2.50. The zero-order chi connectivity index (χ0) is 9.60. The van der Waals surface area contributed by atoms with Gasteiger partial charge in [-0.3, -0.25) is 0 Å². The van der Waals surface area contributed by atoms with Gasteiger partial charge in [0.25, 0.3) is 0 Å². The van der Waals surface area contributed by atoms with E-state index >= 15 is 0 Å². The summed E-state index contributed by atoms with van der Waals surface area (Å²) < 4.78 is 2.50. The second kappa shape index (κ2) is 3.59. The van der Waals surface area contributed by atoms with Crippen molar-refractivity contribution in [2.45, 2.75) is 25.7 Å². The highest BCUT2D eigenvalue weighted by molar-refractivity contribution is 14.1. The molecule has 0 radical (unpaired) electrons. The van der Waals surface area contributed by atoms with Crippen LogP contribution in [0.2, 0.25) is 0 Å². The molecule has 0 unspecified atom stereocenters. The third kappa shape index (κ3) is 1.95. The molecule has 1 spiro atoms. The van der Waals surface area contributed by atoms with Crippen LogP contribution in [0.25, 0.3) is 0 Å². The first-order valence-electron chi connectivity index (χ1n) is 5.89. The maximum absolute atomic E-state index is 2.69. The highest BCUT2D eigenvalue weighted by Crippen LogP contribution is 2.42. The Kier molecular flexibility index (Phi) is 2.53. The summed E-state index contributed by atoms with van der Waals surface area (Å²) in [5, 5.41) is 0. The zero-order valence-electron chi connectivity index (χ0n) is 8.71. The van der Waals surface area contributed by atoms with Crippen molar-refractivity contribution < 1.29 is 0 Å². The molecule has 2 saturated heterocycles. The number of hydrogen-bond acceptors (Lipinski definition) is 2. The Bertz CT molecular complexity index is 221. The molecule has 0 N–H and O–H groups in total. The number of likely N-dealkylation sites (tertiary alicyclic amines) is 1. The van der Waals surface area contributed by atoms with Crippen LogP contribution in [0.15, 0.2) is 0 Å². The molecule has 0 bridgehead atoms.